The summed E-state index contributed by atoms with van der Waals surface area (Å²) < 4.78 is 46.2. The van der Waals surface area contributed by atoms with E-state index in [1.54, 1.807) is 19.3 Å². The second kappa shape index (κ2) is 12.4. The Hall–Kier alpha value is -1.51. The summed E-state index contributed by atoms with van der Waals surface area (Å²) in [5, 5.41) is 0.0752. The predicted molar refractivity (Wildman–Crippen MR) is 146 cm³/mol. The van der Waals surface area contributed by atoms with Gasteiger partial charge in [0.05, 0.1) is 19.8 Å². The third kappa shape index (κ3) is 8.25. The van der Waals surface area contributed by atoms with E-state index in [4.69, 9.17) is 23.4 Å². The molecule has 1 saturated heterocycles. The zero-order chi connectivity index (χ0) is 27.3. The highest BCUT2D eigenvalue weighted by Crippen LogP contribution is 2.39. The Kier molecular flexibility index (Phi) is 10.5. The number of rotatable bonds is 12. The average molecular weight is 523 g/mol. The van der Waals surface area contributed by atoms with Gasteiger partial charge in [0.25, 0.3) is 0 Å². The smallest absolute Gasteiger partial charge is 0.192 e. The minimum Gasteiger partial charge on any atom is -0.497 e. The van der Waals surface area contributed by atoms with Gasteiger partial charge in [-0.3, -0.25) is 0 Å². The van der Waals surface area contributed by atoms with E-state index >= 15 is 4.39 Å². The van der Waals surface area contributed by atoms with Gasteiger partial charge in [-0.2, -0.15) is 0 Å². The summed E-state index contributed by atoms with van der Waals surface area (Å²) in [6.45, 7) is 22.8. The van der Waals surface area contributed by atoms with Crippen molar-refractivity contribution in [3.63, 3.8) is 0 Å². The van der Waals surface area contributed by atoms with Crippen molar-refractivity contribution in [2.24, 2.45) is 5.92 Å². The summed E-state index contributed by atoms with van der Waals surface area (Å²) in [7, 11) is -0.369. The van der Waals surface area contributed by atoms with Crippen LogP contribution in [0, 0.1) is 5.92 Å². The summed E-state index contributed by atoms with van der Waals surface area (Å²) >= 11 is 0. The van der Waals surface area contributed by atoms with Crippen molar-refractivity contribution in [3.8, 4) is 5.75 Å². The molecule has 0 unspecified atom stereocenters. The van der Waals surface area contributed by atoms with Crippen molar-refractivity contribution >= 4 is 8.32 Å². The van der Waals surface area contributed by atoms with Crippen LogP contribution in [0.15, 0.2) is 48.8 Å². The molecule has 0 bridgehead atoms. The molecule has 0 N–H and O–H groups in total. The Bertz CT molecular complexity index is 875. The van der Waals surface area contributed by atoms with E-state index in [0.717, 1.165) is 11.3 Å². The first-order valence-electron chi connectivity index (χ1n) is 12.9. The van der Waals surface area contributed by atoms with E-state index < -0.39 is 26.3 Å². The summed E-state index contributed by atoms with van der Waals surface area (Å²) in [6.07, 6.45) is 1.87. The summed E-state index contributed by atoms with van der Waals surface area (Å²) in [5.41, 5.74) is 0.912. The largest absolute Gasteiger partial charge is 0.497 e. The maximum Gasteiger partial charge on any atom is 0.192 e. The number of benzene rings is 1. The van der Waals surface area contributed by atoms with Crippen LogP contribution in [0.4, 0.5) is 4.39 Å². The number of hydrogen-bond acceptors (Lipinski definition) is 5. The lowest BCUT2D eigenvalue weighted by Gasteiger charge is -2.39. The van der Waals surface area contributed by atoms with Crippen molar-refractivity contribution in [3.05, 3.63) is 54.4 Å². The standard InChI is InChI=1S/C29H47FO5Si/c1-12-13-25-27(34-29(7,8)33-25)26(32-19-22-14-16-23(31-9)17-15-22)24(30)18-20(2)21(3)35-36(10,11)28(4,5)6/h12,14-18,20-21,25-27H,1,13,19H2,2-11H3/b24-18+/t20-,21+,25+,26-,27+/m1/s1. The van der Waals surface area contributed by atoms with Gasteiger partial charge in [0.2, 0.25) is 0 Å². The molecule has 1 aromatic carbocycles. The molecule has 1 aliphatic heterocycles. The number of methoxy groups -OCH3 is 1. The fourth-order valence-electron chi connectivity index (χ4n) is 3.94. The van der Waals surface area contributed by atoms with Crippen molar-refractivity contribution in [2.75, 3.05) is 7.11 Å². The van der Waals surface area contributed by atoms with Gasteiger partial charge < -0.3 is 23.4 Å². The molecule has 1 aliphatic rings. The van der Waals surface area contributed by atoms with Crippen LogP contribution in [0.5, 0.6) is 5.75 Å². The first-order chi connectivity index (χ1) is 16.6. The predicted octanol–water partition coefficient (Wildman–Crippen LogP) is 7.58. The first kappa shape index (κ1) is 30.7. The molecule has 2 rings (SSSR count). The SMILES string of the molecule is C=CC[C@@H]1OC(C)(C)O[C@@H]1[C@H](OCc1ccc(OC)cc1)/C(F)=C\[C@@H](C)[C@H](C)O[Si](C)(C)C(C)(C)C. The minimum absolute atomic E-state index is 0.0752. The highest BCUT2D eigenvalue weighted by atomic mass is 28.4. The Labute approximate surface area is 219 Å². The summed E-state index contributed by atoms with van der Waals surface area (Å²) in [6, 6.07) is 7.54. The van der Waals surface area contributed by atoms with Gasteiger partial charge >= 0.3 is 0 Å². The van der Waals surface area contributed by atoms with Crippen LogP contribution in [0.1, 0.15) is 60.5 Å². The third-order valence-electron chi connectivity index (χ3n) is 7.23. The van der Waals surface area contributed by atoms with Crippen molar-refractivity contribution < 1.29 is 27.8 Å². The molecule has 7 heteroatoms. The summed E-state index contributed by atoms with van der Waals surface area (Å²) in [4.78, 5) is 0. The number of halogens is 1. The maximum atomic E-state index is 16.0. The van der Waals surface area contributed by atoms with Crippen LogP contribution in [-0.4, -0.2) is 45.6 Å². The van der Waals surface area contributed by atoms with Crippen LogP contribution in [-0.2, 0) is 25.2 Å². The van der Waals surface area contributed by atoms with Gasteiger partial charge in [-0.1, -0.05) is 45.9 Å². The van der Waals surface area contributed by atoms with Crippen LogP contribution < -0.4 is 4.74 Å². The molecule has 0 amide bonds. The van der Waals surface area contributed by atoms with Gasteiger partial charge in [-0.15, -0.1) is 6.58 Å². The molecular formula is C29H47FO5Si. The van der Waals surface area contributed by atoms with Gasteiger partial charge in [-0.25, -0.2) is 4.39 Å². The van der Waals surface area contributed by atoms with Crippen LogP contribution in [0.2, 0.25) is 18.1 Å². The van der Waals surface area contributed by atoms with Crippen molar-refractivity contribution in [2.45, 2.75) is 110 Å². The van der Waals surface area contributed by atoms with Gasteiger partial charge in [0.15, 0.2) is 14.1 Å². The van der Waals surface area contributed by atoms with E-state index in [0.29, 0.717) is 6.42 Å². The molecule has 36 heavy (non-hydrogen) atoms. The van der Waals surface area contributed by atoms with Gasteiger partial charge in [-0.05, 0) is 69.1 Å². The van der Waals surface area contributed by atoms with E-state index in [1.165, 1.54) is 0 Å². The molecule has 0 spiro atoms. The minimum atomic E-state index is -1.99. The lowest BCUT2D eigenvalue weighted by molar-refractivity contribution is -0.158. The van der Waals surface area contributed by atoms with Crippen LogP contribution in [0.25, 0.3) is 0 Å². The van der Waals surface area contributed by atoms with E-state index in [1.807, 2.05) is 52.0 Å². The third-order valence-corrected chi connectivity index (χ3v) is 11.8. The highest BCUT2D eigenvalue weighted by Gasteiger charge is 2.47. The lowest BCUT2D eigenvalue weighted by atomic mass is 9.99. The Morgan fingerprint density at radius 3 is 2.31 bits per heavy atom. The van der Waals surface area contributed by atoms with Crippen molar-refractivity contribution in [1.29, 1.82) is 0 Å². The quantitative estimate of drug-likeness (QED) is 0.209. The maximum absolute atomic E-state index is 16.0. The molecular weight excluding hydrogens is 475 g/mol. The topological polar surface area (TPSA) is 46.2 Å². The van der Waals surface area contributed by atoms with Gasteiger partial charge in [0.1, 0.15) is 23.8 Å². The fourth-order valence-corrected chi connectivity index (χ4v) is 5.43. The molecule has 0 saturated carbocycles. The van der Waals surface area contributed by atoms with Crippen LogP contribution in [0.3, 0.4) is 0 Å². The molecule has 204 valence electrons. The normalized spacial score (nSPS) is 23.2. The molecule has 5 atom stereocenters. The molecule has 0 aliphatic carbocycles. The Morgan fingerprint density at radius 1 is 1.17 bits per heavy atom. The molecule has 1 heterocycles. The van der Waals surface area contributed by atoms with E-state index in [9.17, 15) is 0 Å². The van der Waals surface area contributed by atoms with Crippen molar-refractivity contribution in [1.82, 2.24) is 0 Å². The average Bonchev–Trinajstić information content (AvgIpc) is 3.07. The molecule has 0 radical (unpaired) electrons. The fraction of sp³-hybridized carbons (Fsp3) is 0.655. The highest BCUT2D eigenvalue weighted by molar-refractivity contribution is 6.74. The molecule has 1 aromatic rings. The zero-order valence-corrected chi connectivity index (χ0v) is 24.9. The molecule has 5 nitrogen and oxygen atoms in total. The lowest BCUT2D eigenvalue weighted by Crippen LogP contribution is -2.44. The monoisotopic (exact) mass is 522 g/mol. The first-order valence-corrected chi connectivity index (χ1v) is 15.8. The Balaban J connectivity index is 2.29. The second-order valence-electron chi connectivity index (χ2n) is 11.7. The van der Waals surface area contributed by atoms with E-state index in [2.05, 4.69) is 40.4 Å². The number of hydrogen-bond donors (Lipinski definition) is 0. The zero-order valence-electron chi connectivity index (χ0n) is 23.9. The number of ether oxygens (including phenoxy) is 4. The Morgan fingerprint density at radius 2 is 1.78 bits per heavy atom. The van der Waals surface area contributed by atoms with Gasteiger partial charge in [0, 0.05) is 12.0 Å². The molecule has 0 aromatic heterocycles. The summed E-state index contributed by atoms with van der Waals surface area (Å²) in [5.74, 6) is -0.613. The second-order valence-corrected chi connectivity index (χ2v) is 16.5. The molecule has 1 fully saturated rings. The van der Waals surface area contributed by atoms with E-state index in [-0.39, 0.29) is 35.6 Å². The van der Waals surface area contributed by atoms with Crippen LogP contribution >= 0.6 is 0 Å².